The number of carbonyl (C=O) groups excluding carboxylic acids is 1. The van der Waals surface area contributed by atoms with Crippen LogP contribution in [-0.2, 0) is 11.3 Å². The van der Waals surface area contributed by atoms with Crippen molar-refractivity contribution in [3.63, 3.8) is 0 Å². The molecule has 2 aromatic rings. The molecule has 0 aliphatic heterocycles. The Morgan fingerprint density at radius 3 is 2.80 bits per heavy atom. The van der Waals surface area contributed by atoms with E-state index in [1.165, 1.54) is 17.7 Å². The highest BCUT2D eigenvalue weighted by Crippen LogP contribution is 1.96. The molecule has 1 amide bonds. The summed E-state index contributed by atoms with van der Waals surface area (Å²) < 4.78 is 2.33. The monoisotopic (exact) mass is 296 g/mol. The molecule has 2 aromatic heterocycles. The van der Waals surface area contributed by atoms with E-state index in [0.29, 0.717) is 5.69 Å². The summed E-state index contributed by atoms with van der Waals surface area (Å²) in [6, 6.07) is 1.30. The number of nitrogens with one attached hydrogen (secondary N) is 3. The summed E-state index contributed by atoms with van der Waals surface area (Å²) in [5.41, 5.74) is 1.89. The summed E-state index contributed by atoms with van der Waals surface area (Å²) in [5.74, 6) is -0.115. The van der Waals surface area contributed by atoms with Crippen LogP contribution in [0, 0.1) is 11.7 Å². The normalized spacial score (nSPS) is 10.5. The molecule has 0 saturated heterocycles. The zero-order chi connectivity index (χ0) is 14.9. The molecule has 0 spiro atoms. The zero-order valence-corrected chi connectivity index (χ0v) is 11.6. The molecule has 3 N–H and O–H groups in total. The van der Waals surface area contributed by atoms with E-state index in [1.807, 2.05) is 0 Å². The average Bonchev–Trinajstić information content (AvgIpc) is 2.65. The summed E-state index contributed by atoms with van der Waals surface area (Å²) in [5, 5.41) is 6.37. The van der Waals surface area contributed by atoms with Gasteiger partial charge in [-0.1, -0.05) is 0 Å². The maximum absolute atomic E-state index is 11.8. The number of rotatable bonds is 3. The lowest BCUT2D eigenvalue weighted by Crippen LogP contribution is -2.36. The molecule has 2 heterocycles. The Hall–Kier alpha value is -2.49. The van der Waals surface area contributed by atoms with Crippen LogP contribution in [0.3, 0.4) is 0 Å². The molecule has 0 bridgehead atoms. The van der Waals surface area contributed by atoms with E-state index in [-0.39, 0.29) is 23.0 Å². The van der Waals surface area contributed by atoms with Gasteiger partial charge in [-0.3, -0.25) is 24.7 Å². The second-order valence-electron chi connectivity index (χ2n) is 4.13. The Morgan fingerprint density at radius 1 is 1.50 bits per heavy atom. The van der Waals surface area contributed by atoms with Crippen molar-refractivity contribution < 1.29 is 4.79 Å². The molecule has 10 heteroatoms. The van der Waals surface area contributed by atoms with E-state index < -0.39 is 11.2 Å². The predicted molar refractivity (Wildman–Crippen MR) is 72.6 cm³/mol. The van der Waals surface area contributed by atoms with Crippen molar-refractivity contribution in [2.75, 3.05) is 5.43 Å². The second-order valence-corrected chi connectivity index (χ2v) is 4.52. The molecule has 9 nitrogen and oxygen atoms in total. The Labute approximate surface area is 117 Å². The molecular formula is C10H12N6O3S. The number of aromatic amines is 2. The van der Waals surface area contributed by atoms with E-state index in [1.54, 1.807) is 6.92 Å². The SMILES string of the molecule is CC(=O)Nn1c(Cn2c(=O)cc(C)[nH]c2=O)n[nH]c1=S. The topological polar surface area (TPSA) is 118 Å². The molecule has 0 radical (unpaired) electrons. The highest BCUT2D eigenvalue weighted by atomic mass is 32.1. The maximum Gasteiger partial charge on any atom is 0.328 e. The van der Waals surface area contributed by atoms with Crippen LogP contribution in [0.25, 0.3) is 0 Å². The Balaban J connectivity index is 2.46. The third-order valence-electron chi connectivity index (χ3n) is 2.47. The largest absolute Gasteiger partial charge is 0.328 e. The standard InChI is InChI=1S/C10H12N6O3S/c1-5-3-8(18)15(9(19)11-5)4-7-12-13-10(20)16(7)14-6(2)17/h3H,4H2,1-2H3,(H,11,19)(H,13,20)(H,14,17). The predicted octanol–water partition coefficient (Wildman–Crippen LogP) is -0.763. The molecule has 0 aliphatic rings. The van der Waals surface area contributed by atoms with Gasteiger partial charge >= 0.3 is 5.69 Å². The maximum atomic E-state index is 11.8. The number of aryl methyl sites for hydroxylation is 1. The van der Waals surface area contributed by atoms with Crippen LogP contribution in [0.5, 0.6) is 0 Å². The minimum Gasteiger partial charge on any atom is -0.311 e. The molecule has 2 rings (SSSR count). The smallest absolute Gasteiger partial charge is 0.311 e. The van der Waals surface area contributed by atoms with Gasteiger partial charge in [-0.2, -0.15) is 5.10 Å². The van der Waals surface area contributed by atoms with E-state index >= 15 is 0 Å². The van der Waals surface area contributed by atoms with E-state index in [0.717, 1.165) is 4.57 Å². The third kappa shape index (κ3) is 2.74. The Morgan fingerprint density at radius 2 is 2.20 bits per heavy atom. The fourth-order valence-electron chi connectivity index (χ4n) is 1.63. The first-order chi connectivity index (χ1) is 9.38. The molecular weight excluding hydrogens is 284 g/mol. The summed E-state index contributed by atoms with van der Waals surface area (Å²) in [6.45, 7) is 2.80. The van der Waals surface area contributed by atoms with Crippen LogP contribution >= 0.6 is 12.2 Å². The minimum atomic E-state index is -0.557. The molecule has 0 atom stereocenters. The fraction of sp³-hybridized carbons (Fsp3) is 0.300. The fourth-order valence-corrected chi connectivity index (χ4v) is 1.83. The molecule has 0 fully saturated rings. The van der Waals surface area contributed by atoms with Crippen molar-refractivity contribution in [3.8, 4) is 0 Å². The van der Waals surface area contributed by atoms with Crippen LogP contribution in [0.1, 0.15) is 18.4 Å². The Kier molecular flexibility index (Phi) is 3.66. The third-order valence-corrected chi connectivity index (χ3v) is 2.74. The lowest BCUT2D eigenvalue weighted by molar-refractivity contribution is -0.115. The van der Waals surface area contributed by atoms with Gasteiger partial charge in [0.15, 0.2) is 5.82 Å². The number of nitrogens with zero attached hydrogens (tertiary/aromatic N) is 3. The lowest BCUT2D eigenvalue weighted by Gasteiger charge is -2.07. The van der Waals surface area contributed by atoms with Crippen molar-refractivity contribution >= 4 is 18.1 Å². The zero-order valence-electron chi connectivity index (χ0n) is 10.8. The Bertz CT molecular complexity index is 795. The summed E-state index contributed by atoms with van der Waals surface area (Å²) >= 11 is 4.95. The van der Waals surface area contributed by atoms with Gasteiger partial charge in [0.2, 0.25) is 10.7 Å². The molecule has 0 aliphatic carbocycles. The number of aromatic nitrogens is 5. The molecule has 106 valence electrons. The highest BCUT2D eigenvalue weighted by Gasteiger charge is 2.11. The highest BCUT2D eigenvalue weighted by molar-refractivity contribution is 7.71. The number of hydrogen-bond acceptors (Lipinski definition) is 5. The van der Waals surface area contributed by atoms with Crippen molar-refractivity contribution in [1.29, 1.82) is 0 Å². The number of carbonyl (C=O) groups is 1. The van der Waals surface area contributed by atoms with Gasteiger partial charge in [0.05, 0.1) is 6.54 Å². The van der Waals surface area contributed by atoms with Crippen molar-refractivity contribution in [1.82, 2.24) is 24.4 Å². The van der Waals surface area contributed by atoms with Crippen LogP contribution in [0.2, 0.25) is 0 Å². The summed E-state index contributed by atoms with van der Waals surface area (Å²) in [6.07, 6.45) is 0. The van der Waals surface area contributed by atoms with Crippen molar-refractivity contribution in [2.24, 2.45) is 0 Å². The summed E-state index contributed by atoms with van der Waals surface area (Å²) in [7, 11) is 0. The number of hydrogen-bond donors (Lipinski definition) is 3. The van der Waals surface area contributed by atoms with Gasteiger partial charge in [0.25, 0.3) is 5.56 Å². The first-order valence-corrected chi connectivity index (χ1v) is 6.04. The molecule has 0 saturated carbocycles. The second kappa shape index (κ2) is 5.25. The molecule has 0 aromatic carbocycles. The number of H-pyrrole nitrogens is 2. The van der Waals surface area contributed by atoms with Crippen molar-refractivity contribution in [2.45, 2.75) is 20.4 Å². The molecule has 0 unspecified atom stereocenters. The van der Waals surface area contributed by atoms with E-state index in [2.05, 4.69) is 20.6 Å². The van der Waals surface area contributed by atoms with E-state index in [9.17, 15) is 14.4 Å². The molecule has 20 heavy (non-hydrogen) atoms. The van der Waals surface area contributed by atoms with Crippen LogP contribution in [-0.4, -0.2) is 30.3 Å². The first kappa shape index (κ1) is 13.9. The van der Waals surface area contributed by atoms with Gasteiger partial charge in [-0.05, 0) is 19.1 Å². The van der Waals surface area contributed by atoms with Crippen LogP contribution in [0.15, 0.2) is 15.7 Å². The lowest BCUT2D eigenvalue weighted by atomic mass is 10.4. The van der Waals surface area contributed by atoms with Crippen LogP contribution in [0.4, 0.5) is 0 Å². The van der Waals surface area contributed by atoms with Crippen molar-refractivity contribution in [3.05, 3.63) is 43.2 Å². The van der Waals surface area contributed by atoms with Crippen LogP contribution < -0.4 is 16.7 Å². The van der Waals surface area contributed by atoms with E-state index in [4.69, 9.17) is 12.2 Å². The number of amides is 1. The van der Waals surface area contributed by atoms with Gasteiger partial charge in [-0.15, -0.1) is 0 Å². The average molecular weight is 296 g/mol. The minimum absolute atomic E-state index is 0.123. The van der Waals surface area contributed by atoms with Gasteiger partial charge < -0.3 is 4.98 Å². The van der Waals surface area contributed by atoms with Gasteiger partial charge in [0, 0.05) is 18.7 Å². The summed E-state index contributed by atoms with van der Waals surface area (Å²) in [4.78, 5) is 37.1. The first-order valence-electron chi connectivity index (χ1n) is 5.63. The van der Waals surface area contributed by atoms with Gasteiger partial charge in [-0.25, -0.2) is 9.47 Å². The van der Waals surface area contributed by atoms with Gasteiger partial charge in [0.1, 0.15) is 0 Å². The quantitative estimate of drug-likeness (QED) is 0.643.